The molecule has 1 radical (unpaired) electrons. The lowest BCUT2D eigenvalue weighted by molar-refractivity contribution is 0.0858. The highest BCUT2D eigenvalue weighted by molar-refractivity contribution is 5.59. The molecule has 0 aliphatic carbocycles. The van der Waals surface area contributed by atoms with E-state index in [0.29, 0.717) is 0 Å². The molecule has 11 heavy (non-hydrogen) atoms. The minimum absolute atomic E-state index is 0.0937. The molecule has 0 fully saturated rings. The smallest absolute Gasteiger partial charge is 0.158 e. The van der Waals surface area contributed by atoms with Crippen molar-refractivity contribution in [2.45, 2.75) is 12.5 Å². The highest BCUT2D eigenvalue weighted by Gasteiger charge is 2.15. The van der Waals surface area contributed by atoms with Gasteiger partial charge < -0.3 is 4.84 Å². The zero-order chi connectivity index (χ0) is 7.52. The van der Waals surface area contributed by atoms with Crippen LogP contribution >= 0.6 is 0 Å². The van der Waals surface area contributed by atoms with Gasteiger partial charge in [0.2, 0.25) is 0 Å². The quantitative estimate of drug-likeness (QED) is 0.593. The van der Waals surface area contributed by atoms with Crippen molar-refractivity contribution in [3.63, 3.8) is 0 Å². The van der Waals surface area contributed by atoms with Gasteiger partial charge in [-0.25, -0.2) is 0 Å². The Hall–Kier alpha value is -1.31. The zero-order valence-electron chi connectivity index (χ0n) is 6.03. The van der Waals surface area contributed by atoms with Gasteiger partial charge in [0.1, 0.15) is 6.21 Å². The summed E-state index contributed by atoms with van der Waals surface area (Å²) in [5.74, 6) is 0. The fourth-order valence-corrected chi connectivity index (χ4v) is 1.10. The van der Waals surface area contributed by atoms with Crippen LogP contribution in [-0.4, -0.2) is 6.21 Å². The van der Waals surface area contributed by atoms with E-state index < -0.39 is 0 Å². The Morgan fingerprint density at radius 2 is 2.18 bits per heavy atom. The average molecular weight is 146 g/mol. The van der Waals surface area contributed by atoms with Crippen LogP contribution in [0, 0.1) is 0 Å². The van der Waals surface area contributed by atoms with E-state index in [-0.39, 0.29) is 6.10 Å². The van der Waals surface area contributed by atoms with Gasteiger partial charge >= 0.3 is 0 Å². The second kappa shape index (κ2) is 2.74. The van der Waals surface area contributed by atoms with E-state index in [1.807, 2.05) is 30.3 Å². The SMILES string of the molecule is [C]1=NOC(c2ccccc2)C1. The third-order valence-electron chi connectivity index (χ3n) is 1.69. The lowest BCUT2D eigenvalue weighted by Crippen LogP contribution is -1.94. The Kier molecular flexibility index (Phi) is 1.60. The molecule has 0 aromatic heterocycles. The second-order valence-electron chi connectivity index (χ2n) is 2.46. The summed E-state index contributed by atoms with van der Waals surface area (Å²) in [4.78, 5) is 5.05. The lowest BCUT2D eigenvalue weighted by Gasteiger charge is -2.06. The number of hydrogen-bond acceptors (Lipinski definition) is 2. The molecule has 55 valence electrons. The summed E-state index contributed by atoms with van der Waals surface area (Å²) < 4.78 is 0. The molecule has 1 heterocycles. The summed E-state index contributed by atoms with van der Waals surface area (Å²) in [6.45, 7) is 0. The highest BCUT2D eigenvalue weighted by atomic mass is 16.6. The standard InChI is InChI=1S/C9H8NO/c1-2-4-8(5-3-1)9-6-7-10-11-9/h1-5,9H,6H2. The molecular weight excluding hydrogens is 138 g/mol. The molecule has 1 atom stereocenters. The van der Waals surface area contributed by atoms with Gasteiger partial charge in [0.05, 0.1) is 0 Å². The van der Waals surface area contributed by atoms with Crippen molar-refractivity contribution in [3.8, 4) is 0 Å². The van der Waals surface area contributed by atoms with E-state index in [1.54, 1.807) is 0 Å². The molecule has 0 amide bonds. The van der Waals surface area contributed by atoms with Gasteiger partial charge in [-0.2, -0.15) is 0 Å². The Morgan fingerprint density at radius 3 is 2.82 bits per heavy atom. The average Bonchev–Trinajstić information content (AvgIpc) is 2.58. The van der Waals surface area contributed by atoms with E-state index in [0.717, 1.165) is 6.42 Å². The first kappa shape index (κ1) is 6.40. The van der Waals surface area contributed by atoms with Gasteiger partial charge in [-0.3, -0.25) is 0 Å². The third-order valence-corrected chi connectivity index (χ3v) is 1.69. The van der Waals surface area contributed by atoms with Gasteiger partial charge in [0.25, 0.3) is 0 Å². The third kappa shape index (κ3) is 1.24. The Morgan fingerprint density at radius 1 is 1.36 bits per heavy atom. The molecule has 1 aromatic rings. The molecule has 2 nitrogen and oxygen atoms in total. The lowest BCUT2D eigenvalue weighted by atomic mass is 10.1. The van der Waals surface area contributed by atoms with Gasteiger partial charge in [-0.05, 0) is 5.56 Å². The van der Waals surface area contributed by atoms with Gasteiger partial charge in [0.15, 0.2) is 6.10 Å². The van der Waals surface area contributed by atoms with Crippen LogP contribution in [0.25, 0.3) is 0 Å². The van der Waals surface area contributed by atoms with E-state index in [1.165, 1.54) is 5.56 Å². The molecule has 0 spiro atoms. The molecule has 0 bridgehead atoms. The molecule has 0 saturated heterocycles. The number of rotatable bonds is 1. The second-order valence-corrected chi connectivity index (χ2v) is 2.46. The first-order valence-corrected chi connectivity index (χ1v) is 3.60. The fraction of sp³-hybridized carbons (Fsp3) is 0.222. The molecule has 0 saturated carbocycles. The van der Waals surface area contributed by atoms with Crippen LogP contribution in [0.5, 0.6) is 0 Å². The van der Waals surface area contributed by atoms with Crippen LogP contribution in [0.3, 0.4) is 0 Å². The van der Waals surface area contributed by atoms with Crippen LogP contribution in [0.15, 0.2) is 35.5 Å². The number of hydrogen-bond donors (Lipinski definition) is 0. The normalized spacial score (nSPS) is 21.6. The summed E-state index contributed by atoms with van der Waals surface area (Å²) >= 11 is 0. The number of nitrogens with zero attached hydrogens (tertiary/aromatic N) is 1. The maximum absolute atomic E-state index is 5.05. The summed E-state index contributed by atoms with van der Waals surface area (Å²) in [5.41, 5.74) is 1.17. The maximum Gasteiger partial charge on any atom is 0.158 e. The van der Waals surface area contributed by atoms with E-state index in [9.17, 15) is 0 Å². The molecule has 1 aliphatic rings. The van der Waals surface area contributed by atoms with Crippen LogP contribution in [0.2, 0.25) is 0 Å². The molecule has 1 aromatic carbocycles. The van der Waals surface area contributed by atoms with Crippen molar-refractivity contribution in [2.75, 3.05) is 0 Å². The Balaban J connectivity index is 2.17. The van der Waals surface area contributed by atoms with Crippen LogP contribution in [0.1, 0.15) is 18.1 Å². The predicted molar refractivity (Wildman–Crippen MR) is 42.3 cm³/mol. The molecular formula is C9H8NO. The van der Waals surface area contributed by atoms with Crippen molar-refractivity contribution in [1.29, 1.82) is 0 Å². The van der Waals surface area contributed by atoms with Gasteiger partial charge in [-0.15, -0.1) is 0 Å². The van der Waals surface area contributed by atoms with Crippen LogP contribution in [0.4, 0.5) is 0 Å². The van der Waals surface area contributed by atoms with Gasteiger partial charge in [0, 0.05) is 6.42 Å². The van der Waals surface area contributed by atoms with Crippen molar-refractivity contribution < 1.29 is 4.84 Å². The van der Waals surface area contributed by atoms with Crippen molar-refractivity contribution in [1.82, 2.24) is 0 Å². The van der Waals surface area contributed by atoms with E-state index in [4.69, 9.17) is 4.84 Å². The van der Waals surface area contributed by atoms with Crippen LogP contribution in [-0.2, 0) is 4.84 Å². The largest absolute Gasteiger partial charge is 0.387 e. The Labute approximate surface area is 65.5 Å². The maximum atomic E-state index is 5.05. The highest BCUT2D eigenvalue weighted by Crippen LogP contribution is 2.23. The Bertz CT molecular complexity index is 248. The van der Waals surface area contributed by atoms with Crippen LogP contribution < -0.4 is 0 Å². The molecule has 2 rings (SSSR count). The topological polar surface area (TPSA) is 21.6 Å². The summed E-state index contributed by atoms with van der Waals surface area (Å²) in [6.07, 6.45) is 3.64. The fourth-order valence-electron chi connectivity index (χ4n) is 1.10. The molecule has 0 N–H and O–H groups in total. The predicted octanol–water partition coefficient (Wildman–Crippen LogP) is 2.01. The zero-order valence-corrected chi connectivity index (χ0v) is 6.03. The van der Waals surface area contributed by atoms with E-state index in [2.05, 4.69) is 11.4 Å². The monoisotopic (exact) mass is 146 g/mol. The molecule has 2 heteroatoms. The first-order valence-electron chi connectivity index (χ1n) is 3.60. The minimum atomic E-state index is 0.0937. The molecule has 1 unspecified atom stereocenters. The summed E-state index contributed by atoms with van der Waals surface area (Å²) in [5, 5.41) is 3.59. The van der Waals surface area contributed by atoms with Crippen molar-refractivity contribution in [3.05, 3.63) is 35.9 Å². The summed E-state index contributed by atoms with van der Waals surface area (Å²) in [7, 11) is 0. The minimum Gasteiger partial charge on any atom is -0.387 e. The first-order chi connectivity index (χ1) is 5.47. The van der Waals surface area contributed by atoms with Crippen molar-refractivity contribution >= 4 is 6.21 Å². The van der Waals surface area contributed by atoms with Crippen molar-refractivity contribution in [2.24, 2.45) is 5.16 Å². The number of benzene rings is 1. The van der Waals surface area contributed by atoms with E-state index >= 15 is 0 Å². The van der Waals surface area contributed by atoms with Gasteiger partial charge in [-0.1, -0.05) is 35.5 Å². The summed E-state index contributed by atoms with van der Waals surface area (Å²) in [6, 6.07) is 10.1. The molecule has 1 aliphatic heterocycles.